The molecule has 1 aromatic rings. The molecule has 0 aromatic heterocycles. The van der Waals surface area contributed by atoms with Gasteiger partial charge in [0.1, 0.15) is 5.60 Å². The summed E-state index contributed by atoms with van der Waals surface area (Å²) in [5, 5.41) is 14.2. The lowest BCUT2D eigenvalue weighted by atomic mass is 10.0. The lowest BCUT2D eigenvalue weighted by Gasteiger charge is -2.34. The standard InChI is InChI=1S/C18H27ClN2O3/c1-18(2,3)24-17(23)21-9-7-15(8-10-21)20-12-16(22)13-5-4-6-14(19)11-13/h4-6,11,15-16,20,22H,7-10,12H2,1-3H3/t16-/m1/s1. The molecule has 1 heterocycles. The Hall–Kier alpha value is -1.30. The summed E-state index contributed by atoms with van der Waals surface area (Å²) < 4.78 is 5.39. The predicted octanol–water partition coefficient (Wildman–Crippen LogP) is 3.36. The molecule has 0 saturated carbocycles. The van der Waals surface area contributed by atoms with E-state index in [0.717, 1.165) is 18.4 Å². The van der Waals surface area contributed by atoms with Crippen molar-refractivity contribution in [2.24, 2.45) is 0 Å². The van der Waals surface area contributed by atoms with Gasteiger partial charge in [-0.3, -0.25) is 0 Å². The Kier molecular flexibility index (Phi) is 6.49. The van der Waals surface area contributed by atoms with E-state index in [2.05, 4.69) is 5.32 Å². The molecule has 1 atom stereocenters. The molecule has 1 saturated heterocycles. The van der Waals surface area contributed by atoms with Crippen LogP contribution in [0.5, 0.6) is 0 Å². The van der Waals surface area contributed by atoms with Gasteiger partial charge in [0.25, 0.3) is 0 Å². The van der Waals surface area contributed by atoms with E-state index in [9.17, 15) is 9.90 Å². The average molecular weight is 355 g/mol. The SMILES string of the molecule is CC(C)(C)OC(=O)N1CCC(NC[C@@H](O)c2cccc(Cl)c2)CC1. The number of carbonyl (C=O) groups is 1. The third kappa shape index (κ3) is 5.96. The van der Waals surface area contributed by atoms with Gasteiger partial charge in [-0.1, -0.05) is 23.7 Å². The lowest BCUT2D eigenvalue weighted by molar-refractivity contribution is 0.0194. The summed E-state index contributed by atoms with van der Waals surface area (Å²) in [6, 6.07) is 7.55. The first-order valence-corrected chi connectivity index (χ1v) is 8.77. The number of halogens is 1. The van der Waals surface area contributed by atoms with E-state index in [0.29, 0.717) is 24.7 Å². The zero-order valence-corrected chi connectivity index (χ0v) is 15.3. The van der Waals surface area contributed by atoms with Crippen molar-refractivity contribution in [3.05, 3.63) is 34.9 Å². The van der Waals surface area contributed by atoms with Crippen LogP contribution in [0.15, 0.2) is 24.3 Å². The molecular weight excluding hydrogens is 328 g/mol. The maximum Gasteiger partial charge on any atom is 0.410 e. The van der Waals surface area contributed by atoms with Crippen LogP contribution < -0.4 is 5.32 Å². The number of amides is 1. The number of rotatable bonds is 4. The Bertz CT molecular complexity index is 551. The number of nitrogens with zero attached hydrogens (tertiary/aromatic N) is 1. The molecule has 6 heteroatoms. The molecule has 2 N–H and O–H groups in total. The zero-order chi connectivity index (χ0) is 17.7. The highest BCUT2D eigenvalue weighted by molar-refractivity contribution is 6.30. The monoisotopic (exact) mass is 354 g/mol. The van der Waals surface area contributed by atoms with E-state index < -0.39 is 11.7 Å². The zero-order valence-electron chi connectivity index (χ0n) is 14.6. The molecule has 0 spiro atoms. The number of aliphatic hydroxyl groups is 1. The van der Waals surface area contributed by atoms with E-state index in [-0.39, 0.29) is 12.1 Å². The van der Waals surface area contributed by atoms with Gasteiger partial charge in [0, 0.05) is 30.7 Å². The summed E-state index contributed by atoms with van der Waals surface area (Å²) in [6.07, 6.45) is 0.857. The van der Waals surface area contributed by atoms with Gasteiger partial charge in [-0.25, -0.2) is 4.79 Å². The molecular formula is C18H27ClN2O3. The van der Waals surface area contributed by atoms with Crippen LogP contribution in [0.3, 0.4) is 0 Å². The van der Waals surface area contributed by atoms with Gasteiger partial charge in [0.05, 0.1) is 6.10 Å². The minimum Gasteiger partial charge on any atom is -0.444 e. The Morgan fingerprint density at radius 3 is 2.67 bits per heavy atom. The fourth-order valence-corrected chi connectivity index (χ4v) is 2.90. The average Bonchev–Trinajstić information content (AvgIpc) is 2.51. The van der Waals surface area contributed by atoms with Gasteiger partial charge in [-0.15, -0.1) is 0 Å². The van der Waals surface area contributed by atoms with Crippen molar-refractivity contribution in [1.82, 2.24) is 10.2 Å². The number of piperidine rings is 1. The quantitative estimate of drug-likeness (QED) is 0.870. The smallest absolute Gasteiger partial charge is 0.410 e. The van der Waals surface area contributed by atoms with E-state index >= 15 is 0 Å². The molecule has 0 unspecified atom stereocenters. The number of ether oxygens (including phenoxy) is 1. The third-order valence-corrected chi connectivity index (χ3v) is 4.22. The van der Waals surface area contributed by atoms with Crippen LogP contribution in [0.4, 0.5) is 4.79 Å². The maximum absolute atomic E-state index is 12.0. The first-order valence-electron chi connectivity index (χ1n) is 8.39. The Morgan fingerprint density at radius 1 is 1.42 bits per heavy atom. The van der Waals surface area contributed by atoms with E-state index in [1.165, 1.54) is 0 Å². The Morgan fingerprint density at radius 2 is 2.08 bits per heavy atom. The second-order valence-corrected chi connectivity index (χ2v) is 7.66. The summed E-state index contributed by atoms with van der Waals surface area (Å²) in [7, 11) is 0. The number of aliphatic hydroxyl groups excluding tert-OH is 1. The van der Waals surface area contributed by atoms with Crippen LogP contribution in [0.25, 0.3) is 0 Å². The molecule has 24 heavy (non-hydrogen) atoms. The van der Waals surface area contributed by atoms with E-state index in [1.807, 2.05) is 32.9 Å². The second kappa shape index (κ2) is 8.19. The number of benzene rings is 1. The van der Waals surface area contributed by atoms with E-state index in [1.54, 1.807) is 17.0 Å². The van der Waals surface area contributed by atoms with E-state index in [4.69, 9.17) is 16.3 Å². The van der Waals surface area contributed by atoms with Gasteiger partial charge >= 0.3 is 6.09 Å². The number of hydrogen-bond donors (Lipinski definition) is 2. The van der Waals surface area contributed by atoms with Crippen molar-refractivity contribution in [1.29, 1.82) is 0 Å². The first-order chi connectivity index (χ1) is 11.2. The minimum absolute atomic E-state index is 0.250. The molecule has 1 fully saturated rings. The van der Waals surface area contributed by atoms with Crippen molar-refractivity contribution in [3.63, 3.8) is 0 Å². The highest BCUT2D eigenvalue weighted by Crippen LogP contribution is 2.19. The summed E-state index contributed by atoms with van der Waals surface area (Å²) in [4.78, 5) is 13.8. The maximum atomic E-state index is 12.0. The molecule has 1 amide bonds. The largest absolute Gasteiger partial charge is 0.444 e. The fourth-order valence-electron chi connectivity index (χ4n) is 2.70. The normalized spacial score (nSPS) is 17.6. The van der Waals surface area contributed by atoms with Crippen molar-refractivity contribution in [2.45, 2.75) is 51.4 Å². The van der Waals surface area contributed by atoms with Crippen LogP contribution in [0.2, 0.25) is 5.02 Å². The number of hydrogen-bond acceptors (Lipinski definition) is 4. The number of nitrogens with one attached hydrogen (secondary N) is 1. The second-order valence-electron chi connectivity index (χ2n) is 7.22. The molecule has 5 nitrogen and oxygen atoms in total. The molecule has 2 rings (SSSR count). The molecule has 1 aromatic carbocycles. The van der Waals surface area contributed by atoms with Crippen molar-refractivity contribution in [3.8, 4) is 0 Å². The van der Waals surface area contributed by atoms with Gasteiger partial charge in [0.2, 0.25) is 0 Å². The Balaban J connectivity index is 1.74. The van der Waals surface area contributed by atoms with Gasteiger partial charge < -0.3 is 20.1 Å². The van der Waals surface area contributed by atoms with Gasteiger partial charge in [-0.2, -0.15) is 0 Å². The predicted molar refractivity (Wildman–Crippen MR) is 95.2 cm³/mol. The number of likely N-dealkylation sites (tertiary alicyclic amines) is 1. The Labute approximate surface area is 148 Å². The summed E-state index contributed by atoms with van der Waals surface area (Å²) in [5.74, 6) is 0. The summed E-state index contributed by atoms with van der Waals surface area (Å²) in [5.41, 5.74) is 0.342. The summed E-state index contributed by atoms with van der Waals surface area (Å²) >= 11 is 5.95. The lowest BCUT2D eigenvalue weighted by Crippen LogP contribution is -2.47. The fraction of sp³-hybridized carbons (Fsp3) is 0.611. The van der Waals surface area contributed by atoms with Crippen molar-refractivity contribution < 1.29 is 14.6 Å². The van der Waals surface area contributed by atoms with Crippen LogP contribution >= 0.6 is 11.6 Å². The third-order valence-electron chi connectivity index (χ3n) is 3.98. The number of carbonyl (C=O) groups excluding carboxylic acids is 1. The molecule has 134 valence electrons. The molecule has 0 radical (unpaired) electrons. The first kappa shape index (κ1) is 19.0. The van der Waals surface area contributed by atoms with Crippen LogP contribution in [0, 0.1) is 0 Å². The summed E-state index contributed by atoms with van der Waals surface area (Å²) in [6.45, 7) is 7.42. The van der Waals surface area contributed by atoms with Crippen LogP contribution in [-0.2, 0) is 4.74 Å². The van der Waals surface area contributed by atoms with Gasteiger partial charge in [-0.05, 0) is 51.3 Å². The van der Waals surface area contributed by atoms with Crippen LogP contribution in [0.1, 0.15) is 45.3 Å². The topological polar surface area (TPSA) is 61.8 Å². The van der Waals surface area contributed by atoms with Crippen molar-refractivity contribution >= 4 is 17.7 Å². The van der Waals surface area contributed by atoms with Crippen LogP contribution in [-0.4, -0.2) is 47.4 Å². The van der Waals surface area contributed by atoms with Gasteiger partial charge in [0.15, 0.2) is 0 Å². The molecule has 1 aliphatic rings. The molecule has 1 aliphatic heterocycles. The molecule has 0 bridgehead atoms. The highest BCUT2D eigenvalue weighted by Gasteiger charge is 2.26. The molecule has 0 aliphatic carbocycles. The minimum atomic E-state index is -0.590. The highest BCUT2D eigenvalue weighted by atomic mass is 35.5. The van der Waals surface area contributed by atoms with Crippen molar-refractivity contribution in [2.75, 3.05) is 19.6 Å².